The highest BCUT2D eigenvalue weighted by atomic mass is 15.3. The van der Waals surface area contributed by atoms with Crippen LogP contribution < -0.4 is 10.6 Å². The Balaban J connectivity index is 1.82. The molecule has 0 bridgehead atoms. The summed E-state index contributed by atoms with van der Waals surface area (Å²) >= 11 is 0. The fourth-order valence-electron chi connectivity index (χ4n) is 2.21. The Hall–Kier alpha value is -2.95. The molecule has 22 heavy (non-hydrogen) atoms. The van der Waals surface area contributed by atoms with Gasteiger partial charge < -0.3 is 10.6 Å². The van der Waals surface area contributed by atoms with Gasteiger partial charge in [-0.1, -0.05) is 36.4 Å². The second-order valence-electron chi connectivity index (χ2n) is 5.05. The van der Waals surface area contributed by atoms with Crippen molar-refractivity contribution in [2.45, 2.75) is 13.8 Å². The molecule has 0 saturated heterocycles. The molecule has 0 spiro atoms. The van der Waals surface area contributed by atoms with E-state index in [0.29, 0.717) is 11.8 Å². The number of nitrogens with zero attached hydrogens (tertiary/aromatic N) is 3. The summed E-state index contributed by atoms with van der Waals surface area (Å²) in [5, 5.41) is 14.5. The van der Waals surface area contributed by atoms with Crippen LogP contribution in [0.3, 0.4) is 0 Å². The van der Waals surface area contributed by atoms with Crippen molar-refractivity contribution in [2.75, 3.05) is 10.6 Å². The quantitative estimate of drug-likeness (QED) is 0.761. The number of aryl methyl sites for hydroxylation is 2. The molecule has 0 aliphatic heterocycles. The SMILES string of the molecule is Cc1cccc(C)c1Nc1cnnc(Nc2ccccc2)n1. The van der Waals surface area contributed by atoms with Crippen molar-refractivity contribution in [3.05, 3.63) is 65.9 Å². The molecule has 0 radical (unpaired) electrons. The van der Waals surface area contributed by atoms with Crippen LogP contribution in [0.1, 0.15) is 11.1 Å². The topological polar surface area (TPSA) is 62.7 Å². The van der Waals surface area contributed by atoms with Crippen LogP contribution in [-0.2, 0) is 0 Å². The van der Waals surface area contributed by atoms with Gasteiger partial charge >= 0.3 is 0 Å². The van der Waals surface area contributed by atoms with Gasteiger partial charge in [0, 0.05) is 11.4 Å². The summed E-state index contributed by atoms with van der Waals surface area (Å²) in [4.78, 5) is 4.45. The second kappa shape index (κ2) is 6.22. The maximum atomic E-state index is 4.45. The summed E-state index contributed by atoms with van der Waals surface area (Å²) in [6.45, 7) is 4.13. The summed E-state index contributed by atoms with van der Waals surface area (Å²) in [5.74, 6) is 1.12. The molecule has 110 valence electrons. The van der Waals surface area contributed by atoms with Crippen LogP contribution in [0.5, 0.6) is 0 Å². The van der Waals surface area contributed by atoms with Crippen LogP contribution >= 0.6 is 0 Å². The summed E-state index contributed by atoms with van der Waals surface area (Å²) in [5.41, 5.74) is 4.30. The highest BCUT2D eigenvalue weighted by Crippen LogP contribution is 2.23. The molecule has 1 heterocycles. The molecule has 0 fully saturated rings. The number of benzene rings is 2. The maximum absolute atomic E-state index is 4.45. The Bertz CT molecular complexity index is 751. The van der Waals surface area contributed by atoms with Crippen LogP contribution in [0, 0.1) is 13.8 Å². The number of aromatic nitrogens is 3. The molecule has 1 aromatic heterocycles. The Labute approximate surface area is 129 Å². The van der Waals surface area contributed by atoms with Crippen LogP contribution in [-0.4, -0.2) is 15.2 Å². The standard InChI is InChI=1S/C17H17N5/c1-12-7-6-8-13(2)16(12)20-15-11-18-22-17(21-15)19-14-9-4-3-5-10-14/h3-11H,1-2H3,(H2,19,20,21,22). The van der Waals surface area contributed by atoms with Gasteiger partial charge in [0.05, 0.1) is 6.20 Å². The molecule has 3 rings (SSSR count). The van der Waals surface area contributed by atoms with Crippen molar-refractivity contribution in [1.29, 1.82) is 0 Å². The van der Waals surface area contributed by atoms with Crippen molar-refractivity contribution in [1.82, 2.24) is 15.2 Å². The average Bonchev–Trinajstić information content (AvgIpc) is 2.53. The average molecular weight is 291 g/mol. The largest absolute Gasteiger partial charge is 0.338 e. The van der Waals surface area contributed by atoms with E-state index in [4.69, 9.17) is 0 Å². The minimum Gasteiger partial charge on any atom is -0.338 e. The van der Waals surface area contributed by atoms with Crippen molar-refractivity contribution in [3.8, 4) is 0 Å². The fourth-order valence-corrected chi connectivity index (χ4v) is 2.21. The van der Waals surface area contributed by atoms with E-state index in [9.17, 15) is 0 Å². The molecule has 0 saturated carbocycles. The van der Waals surface area contributed by atoms with E-state index in [1.807, 2.05) is 36.4 Å². The number of nitrogens with one attached hydrogen (secondary N) is 2. The number of para-hydroxylation sites is 2. The summed E-state index contributed by atoms with van der Waals surface area (Å²) in [7, 11) is 0. The summed E-state index contributed by atoms with van der Waals surface area (Å²) < 4.78 is 0. The van der Waals surface area contributed by atoms with Gasteiger partial charge in [-0.05, 0) is 37.1 Å². The van der Waals surface area contributed by atoms with Crippen LogP contribution in [0.15, 0.2) is 54.7 Å². The van der Waals surface area contributed by atoms with Crippen molar-refractivity contribution < 1.29 is 0 Å². The summed E-state index contributed by atoms with van der Waals surface area (Å²) in [6.07, 6.45) is 1.61. The lowest BCUT2D eigenvalue weighted by Crippen LogP contribution is -2.03. The highest BCUT2D eigenvalue weighted by molar-refractivity contribution is 5.64. The third-order valence-electron chi connectivity index (χ3n) is 3.32. The van der Waals surface area contributed by atoms with Crippen LogP contribution in [0.25, 0.3) is 0 Å². The lowest BCUT2D eigenvalue weighted by atomic mass is 10.1. The molecular weight excluding hydrogens is 274 g/mol. The molecule has 0 aliphatic carbocycles. The number of anilines is 4. The molecule has 0 amide bonds. The van der Waals surface area contributed by atoms with Gasteiger partial charge in [-0.2, -0.15) is 10.1 Å². The maximum Gasteiger partial charge on any atom is 0.249 e. The van der Waals surface area contributed by atoms with Gasteiger partial charge in [0.15, 0.2) is 5.82 Å². The predicted molar refractivity (Wildman–Crippen MR) is 88.8 cm³/mol. The first-order valence-corrected chi connectivity index (χ1v) is 7.07. The van der Waals surface area contributed by atoms with E-state index >= 15 is 0 Å². The van der Waals surface area contributed by atoms with E-state index in [2.05, 4.69) is 51.8 Å². The van der Waals surface area contributed by atoms with Gasteiger partial charge in [0.25, 0.3) is 0 Å². The van der Waals surface area contributed by atoms with E-state index in [0.717, 1.165) is 22.5 Å². The third kappa shape index (κ3) is 3.20. The second-order valence-corrected chi connectivity index (χ2v) is 5.05. The zero-order valence-electron chi connectivity index (χ0n) is 12.5. The normalized spacial score (nSPS) is 10.3. The van der Waals surface area contributed by atoms with Gasteiger partial charge in [0.1, 0.15) is 0 Å². The fraction of sp³-hybridized carbons (Fsp3) is 0.118. The monoisotopic (exact) mass is 291 g/mol. The van der Waals surface area contributed by atoms with E-state index in [1.54, 1.807) is 6.20 Å². The number of rotatable bonds is 4. The molecule has 3 aromatic rings. The molecule has 2 N–H and O–H groups in total. The van der Waals surface area contributed by atoms with Crippen molar-refractivity contribution in [2.24, 2.45) is 0 Å². The van der Waals surface area contributed by atoms with Gasteiger partial charge in [-0.3, -0.25) is 0 Å². The van der Waals surface area contributed by atoms with E-state index < -0.39 is 0 Å². The molecule has 0 unspecified atom stereocenters. The smallest absolute Gasteiger partial charge is 0.249 e. The Kier molecular flexibility index (Phi) is 3.96. The van der Waals surface area contributed by atoms with Crippen molar-refractivity contribution in [3.63, 3.8) is 0 Å². The Morgan fingerprint density at radius 3 is 2.27 bits per heavy atom. The van der Waals surface area contributed by atoms with Gasteiger partial charge in [0.2, 0.25) is 5.95 Å². The van der Waals surface area contributed by atoms with Gasteiger partial charge in [-0.25, -0.2) is 0 Å². The first-order chi connectivity index (χ1) is 10.7. The van der Waals surface area contributed by atoms with E-state index in [-0.39, 0.29) is 0 Å². The van der Waals surface area contributed by atoms with Crippen LogP contribution in [0.4, 0.5) is 23.1 Å². The molecule has 2 aromatic carbocycles. The number of hydrogen-bond donors (Lipinski definition) is 2. The first-order valence-electron chi connectivity index (χ1n) is 7.07. The van der Waals surface area contributed by atoms with Gasteiger partial charge in [-0.15, -0.1) is 5.10 Å². The molecule has 5 heteroatoms. The zero-order valence-corrected chi connectivity index (χ0v) is 12.5. The Morgan fingerprint density at radius 2 is 1.55 bits per heavy atom. The third-order valence-corrected chi connectivity index (χ3v) is 3.32. The molecule has 0 aliphatic rings. The summed E-state index contributed by atoms with van der Waals surface area (Å²) in [6, 6.07) is 15.9. The van der Waals surface area contributed by atoms with E-state index in [1.165, 1.54) is 0 Å². The first kappa shape index (κ1) is 14.0. The number of hydrogen-bond acceptors (Lipinski definition) is 5. The lowest BCUT2D eigenvalue weighted by Gasteiger charge is -2.12. The lowest BCUT2D eigenvalue weighted by molar-refractivity contribution is 0.982. The molecular formula is C17H17N5. The van der Waals surface area contributed by atoms with Crippen molar-refractivity contribution >= 4 is 23.1 Å². The minimum atomic E-state index is 0.461. The Morgan fingerprint density at radius 1 is 0.818 bits per heavy atom. The molecule has 5 nitrogen and oxygen atoms in total. The molecule has 0 atom stereocenters. The predicted octanol–water partition coefficient (Wildman–Crippen LogP) is 3.98. The highest BCUT2D eigenvalue weighted by Gasteiger charge is 2.05. The van der Waals surface area contributed by atoms with Crippen LogP contribution in [0.2, 0.25) is 0 Å². The zero-order chi connectivity index (χ0) is 15.4. The minimum absolute atomic E-state index is 0.461.